The van der Waals surface area contributed by atoms with E-state index in [0.29, 0.717) is 6.42 Å². The van der Waals surface area contributed by atoms with Gasteiger partial charge in [-0.2, -0.15) is 0 Å². The molecule has 7 heteroatoms. The maximum atomic E-state index is 13.8. The second kappa shape index (κ2) is 10.0. The van der Waals surface area contributed by atoms with Crippen molar-refractivity contribution in [2.45, 2.75) is 19.9 Å². The third-order valence-corrected chi connectivity index (χ3v) is 6.02. The highest BCUT2D eigenvalue weighted by Gasteiger charge is 2.13. The van der Waals surface area contributed by atoms with Crippen LogP contribution in [0.3, 0.4) is 0 Å². The van der Waals surface area contributed by atoms with Crippen LogP contribution in [0.2, 0.25) is 0 Å². The lowest BCUT2D eigenvalue weighted by atomic mass is 10.00. The number of hydrogen-bond donors (Lipinski definition) is 3. The molecule has 35 heavy (non-hydrogen) atoms. The highest BCUT2D eigenvalue weighted by atomic mass is 19.1. The number of anilines is 1. The molecule has 3 heterocycles. The summed E-state index contributed by atoms with van der Waals surface area (Å²) in [7, 11) is 1.92. The SMILES string of the molecule is CCNCc1cncc(-c2ccc(NC)c(Cc3nc4c(-c5cccc(F)c5)cncc4[nH]3)c2)c1. The van der Waals surface area contributed by atoms with Gasteiger partial charge in [0.25, 0.3) is 0 Å². The molecule has 5 aromatic rings. The fourth-order valence-corrected chi connectivity index (χ4v) is 4.29. The molecule has 0 saturated carbocycles. The number of nitrogens with zero attached hydrogens (tertiary/aromatic N) is 3. The van der Waals surface area contributed by atoms with E-state index in [4.69, 9.17) is 4.98 Å². The summed E-state index contributed by atoms with van der Waals surface area (Å²) in [4.78, 5) is 17.0. The van der Waals surface area contributed by atoms with Gasteiger partial charge in [0.15, 0.2) is 0 Å². The molecule has 5 rings (SSSR count). The van der Waals surface area contributed by atoms with E-state index < -0.39 is 0 Å². The lowest BCUT2D eigenvalue weighted by Crippen LogP contribution is -2.11. The maximum Gasteiger partial charge on any atom is 0.123 e. The quantitative estimate of drug-likeness (QED) is 0.279. The third kappa shape index (κ3) is 4.90. The molecule has 0 spiro atoms. The topological polar surface area (TPSA) is 78.5 Å². The summed E-state index contributed by atoms with van der Waals surface area (Å²) in [6.45, 7) is 3.80. The Morgan fingerprint density at radius 1 is 0.914 bits per heavy atom. The molecule has 0 unspecified atom stereocenters. The van der Waals surface area contributed by atoms with Crippen molar-refractivity contribution in [3.8, 4) is 22.3 Å². The summed E-state index contributed by atoms with van der Waals surface area (Å²) in [5.74, 6) is 0.535. The summed E-state index contributed by atoms with van der Waals surface area (Å²) < 4.78 is 13.8. The van der Waals surface area contributed by atoms with Crippen molar-refractivity contribution >= 4 is 16.7 Å². The first-order chi connectivity index (χ1) is 17.1. The number of aromatic nitrogens is 4. The van der Waals surface area contributed by atoms with Crippen molar-refractivity contribution in [1.29, 1.82) is 0 Å². The number of pyridine rings is 2. The Morgan fingerprint density at radius 3 is 2.63 bits per heavy atom. The molecule has 0 saturated heterocycles. The van der Waals surface area contributed by atoms with E-state index in [9.17, 15) is 4.39 Å². The van der Waals surface area contributed by atoms with E-state index in [2.05, 4.69) is 56.8 Å². The van der Waals surface area contributed by atoms with Crippen LogP contribution in [-0.4, -0.2) is 33.5 Å². The minimum Gasteiger partial charge on any atom is -0.388 e. The van der Waals surface area contributed by atoms with Crippen molar-refractivity contribution in [2.75, 3.05) is 18.9 Å². The van der Waals surface area contributed by atoms with Crippen molar-refractivity contribution < 1.29 is 4.39 Å². The van der Waals surface area contributed by atoms with E-state index in [1.807, 2.05) is 25.5 Å². The van der Waals surface area contributed by atoms with E-state index in [-0.39, 0.29) is 5.82 Å². The van der Waals surface area contributed by atoms with Gasteiger partial charge in [0.05, 0.1) is 17.2 Å². The number of benzene rings is 2. The van der Waals surface area contributed by atoms with Crippen LogP contribution in [0, 0.1) is 5.82 Å². The molecule has 0 radical (unpaired) electrons. The lowest BCUT2D eigenvalue weighted by Gasteiger charge is -2.12. The molecule has 0 aliphatic carbocycles. The molecule has 0 amide bonds. The molecule has 0 fully saturated rings. The summed E-state index contributed by atoms with van der Waals surface area (Å²) in [5, 5.41) is 6.64. The average Bonchev–Trinajstić information content (AvgIpc) is 3.30. The van der Waals surface area contributed by atoms with Crippen LogP contribution in [0.1, 0.15) is 23.9 Å². The lowest BCUT2D eigenvalue weighted by molar-refractivity contribution is 0.628. The molecule has 2 aromatic carbocycles. The molecule has 176 valence electrons. The highest BCUT2D eigenvalue weighted by Crippen LogP contribution is 2.30. The van der Waals surface area contributed by atoms with E-state index >= 15 is 0 Å². The van der Waals surface area contributed by atoms with Gasteiger partial charge in [-0.1, -0.05) is 25.1 Å². The van der Waals surface area contributed by atoms with Gasteiger partial charge in [-0.15, -0.1) is 0 Å². The summed E-state index contributed by atoms with van der Waals surface area (Å²) in [6, 6.07) is 15.1. The van der Waals surface area contributed by atoms with Gasteiger partial charge in [-0.3, -0.25) is 9.97 Å². The molecule has 0 aliphatic heterocycles. The van der Waals surface area contributed by atoms with Crippen LogP contribution < -0.4 is 10.6 Å². The van der Waals surface area contributed by atoms with E-state index in [1.165, 1.54) is 12.1 Å². The Bertz CT molecular complexity index is 1480. The van der Waals surface area contributed by atoms with Crippen molar-refractivity contribution in [3.63, 3.8) is 0 Å². The number of hydrogen-bond acceptors (Lipinski definition) is 5. The second-order valence-corrected chi connectivity index (χ2v) is 8.44. The van der Waals surface area contributed by atoms with Gasteiger partial charge in [-0.25, -0.2) is 9.37 Å². The van der Waals surface area contributed by atoms with Gasteiger partial charge < -0.3 is 15.6 Å². The van der Waals surface area contributed by atoms with E-state index in [1.54, 1.807) is 18.5 Å². The number of H-pyrrole nitrogens is 1. The van der Waals surface area contributed by atoms with Gasteiger partial charge in [0.2, 0.25) is 0 Å². The minimum atomic E-state index is -0.283. The normalized spacial score (nSPS) is 11.2. The molecule has 6 nitrogen and oxygen atoms in total. The molecular formula is C28H27FN6. The van der Waals surface area contributed by atoms with Gasteiger partial charge in [0, 0.05) is 55.4 Å². The molecule has 3 N–H and O–H groups in total. The van der Waals surface area contributed by atoms with Crippen molar-refractivity contribution in [2.24, 2.45) is 0 Å². The molecule has 0 aliphatic rings. The Kier molecular flexibility index (Phi) is 6.50. The highest BCUT2D eigenvalue weighted by molar-refractivity contribution is 5.91. The number of halogens is 1. The molecule has 3 aromatic heterocycles. The first-order valence-corrected chi connectivity index (χ1v) is 11.7. The third-order valence-electron chi connectivity index (χ3n) is 6.02. The van der Waals surface area contributed by atoms with Crippen LogP contribution in [0.4, 0.5) is 10.1 Å². The predicted molar refractivity (Wildman–Crippen MR) is 139 cm³/mol. The predicted octanol–water partition coefficient (Wildman–Crippen LogP) is 5.57. The zero-order chi connectivity index (χ0) is 24.2. The van der Waals surface area contributed by atoms with Gasteiger partial charge >= 0.3 is 0 Å². The molecule has 0 atom stereocenters. The standard InChI is InChI=1S/C28H27FN6/c1-3-31-13-18-9-22(15-32-14-18)19-7-8-25(30-2)21(10-19)12-27-34-26-17-33-16-24(28(26)35-27)20-5-4-6-23(29)11-20/h4-11,14-17,30-31H,3,12-13H2,1-2H3,(H,34,35). The number of imidazole rings is 1. The van der Waals surface area contributed by atoms with E-state index in [0.717, 1.165) is 69.0 Å². The summed E-state index contributed by atoms with van der Waals surface area (Å²) >= 11 is 0. The second-order valence-electron chi connectivity index (χ2n) is 8.44. The van der Waals surface area contributed by atoms with Crippen LogP contribution in [-0.2, 0) is 13.0 Å². The number of aromatic amines is 1. The Labute approximate surface area is 203 Å². The van der Waals surface area contributed by atoms with Crippen LogP contribution >= 0.6 is 0 Å². The zero-order valence-electron chi connectivity index (χ0n) is 19.8. The molecular weight excluding hydrogens is 439 g/mol. The number of nitrogens with one attached hydrogen (secondary N) is 3. The van der Waals surface area contributed by atoms with Crippen LogP contribution in [0.25, 0.3) is 33.3 Å². The first-order valence-electron chi connectivity index (χ1n) is 11.7. The summed E-state index contributed by atoms with van der Waals surface area (Å²) in [5.41, 5.74) is 8.63. The van der Waals surface area contributed by atoms with Crippen molar-refractivity contribution in [1.82, 2.24) is 25.3 Å². The molecule has 0 bridgehead atoms. The Hall–Kier alpha value is -4.10. The zero-order valence-corrected chi connectivity index (χ0v) is 19.8. The fourth-order valence-electron chi connectivity index (χ4n) is 4.29. The van der Waals surface area contributed by atoms with Crippen LogP contribution in [0.5, 0.6) is 0 Å². The monoisotopic (exact) mass is 466 g/mol. The van der Waals surface area contributed by atoms with Crippen LogP contribution in [0.15, 0.2) is 73.3 Å². The fraction of sp³-hybridized carbons (Fsp3) is 0.179. The number of rotatable bonds is 8. The number of fused-ring (bicyclic) bond motifs is 1. The van der Waals surface area contributed by atoms with Gasteiger partial charge in [0.1, 0.15) is 11.6 Å². The van der Waals surface area contributed by atoms with Crippen molar-refractivity contribution in [3.05, 3.63) is 96.1 Å². The smallest absolute Gasteiger partial charge is 0.123 e. The minimum absolute atomic E-state index is 0.283. The first kappa shape index (κ1) is 22.7. The largest absolute Gasteiger partial charge is 0.388 e. The Balaban J connectivity index is 1.49. The average molecular weight is 467 g/mol. The van der Waals surface area contributed by atoms with Gasteiger partial charge in [-0.05, 0) is 59.1 Å². The summed E-state index contributed by atoms with van der Waals surface area (Å²) in [6.07, 6.45) is 7.88. The Morgan fingerprint density at radius 2 is 1.80 bits per heavy atom. The maximum absolute atomic E-state index is 13.8.